The third-order valence-corrected chi connectivity index (χ3v) is 3.03. The van der Waals surface area contributed by atoms with Gasteiger partial charge >= 0.3 is 5.97 Å². The molecule has 0 aliphatic rings. The molecule has 0 radical (unpaired) electrons. The lowest BCUT2D eigenvalue weighted by Crippen LogP contribution is -2.18. The summed E-state index contributed by atoms with van der Waals surface area (Å²) in [7, 11) is 0. The summed E-state index contributed by atoms with van der Waals surface area (Å²) in [6.45, 7) is 0. The topological polar surface area (TPSA) is 37.3 Å². The lowest BCUT2D eigenvalue weighted by atomic mass is 9.96. The molecule has 0 aliphatic heterocycles. The van der Waals surface area contributed by atoms with Gasteiger partial charge in [0.25, 0.3) is 0 Å². The summed E-state index contributed by atoms with van der Waals surface area (Å²) in [5, 5.41) is 8.65. The number of hydrogen-bond acceptors (Lipinski definition) is 1. The third kappa shape index (κ3) is 4.20. The number of benzene rings is 1. The van der Waals surface area contributed by atoms with Crippen molar-refractivity contribution in [2.45, 2.75) is 22.6 Å². The number of carbonyl (C=O) groups is 1. The highest BCUT2D eigenvalue weighted by molar-refractivity contribution is 6.68. The van der Waals surface area contributed by atoms with Crippen molar-refractivity contribution >= 4 is 40.8 Å². The van der Waals surface area contributed by atoms with Crippen LogP contribution in [0.2, 0.25) is 0 Å². The number of hydrogen-bond donors (Lipinski definition) is 1. The van der Waals surface area contributed by atoms with Crippen molar-refractivity contribution in [1.82, 2.24) is 0 Å². The van der Waals surface area contributed by atoms with E-state index in [-0.39, 0.29) is 6.42 Å². The maximum atomic E-state index is 10.5. The van der Waals surface area contributed by atoms with Gasteiger partial charge in [-0.1, -0.05) is 65.1 Å². The van der Waals surface area contributed by atoms with Crippen LogP contribution in [-0.2, 0) is 4.79 Å². The fraction of sp³-hybridized carbons (Fsp3) is 0.364. The minimum Gasteiger partial charge on any atom is -0.481 e. The first-order valence-electron chi connectivity index (χ1n) is 4.74. The molecule has 0 saturated carbocycles. The summed E-state index contributed by atoms with van der Waals surface area (Å²) in [5.41, 5.74) is 0.837. The van der Waals surface area contributed by atoms with Gasteiger partial charge < -0.3 is 5.11 Å². The number of aliphatic carboxylic acids is 1. The van der Waals surface area contributed by atoms with E-state index in [0.29, 0.717) is 6.42 Å². The maximum absolute atomic E-state index is 10.5. The van der Waals surface area contributed by atoms with Crippen molar-refractivity contribution in [3.63, 3.8) is 0 Å². The maximum Gasteiger partial charge on any atom is 0.303 e. The van der Waals surface area contributed by atoms with E-state index >= 15 is 0 Å². The molecule has 0 aromatic heterocycles. The average Bonchev–Trinajstić information content (AvgIpc) is 2.17. The molecule has 1 N–H and O–H groups in total. The van der Waals surface area contributed by atoms with E-state index in [1.807, 2.05) is 30.3 Å². The minimum absolute atomic E-state index is 0.0204. The van der Waals surface area contributed by atoms with E-state index in [4.69, 9.17) is 39.9 Å². The molecule has 0 spiro atoms. The van der Waals surface area contributed by atoms with Crippen molar-refractivity contribution in [3.05, 3.63) is 35.9 Å². The molecule has 1 rings (SSSR count). The van der Waals surface area contributed by atoms with E-state index in [0.717, 1.165) is 5.56 Å². The van der Waals surface area contributed by atoms with Gasteiger partial charge in [0.2, 0.25) is 0 Å². The average molecular weight is 282 g/mol. The van der Waals surface area contributed by atoms with Crippen LogP contribution < -0.4 is 0 Å². The highest BCUT2D eigenvalue weighted by Gasteiger charge is 2.33. The standard InChI is InChI=1S/C11H11Cl3O2/c12-11(13,14)9(6-7-10(15)16)8-4-2-1-3-5-8/h1-5,9H,6-7H2,(H,15,16). The molecule has 1 aromatic rings. The van der Waals surface area contributed by atoms with Gasteiger partial charge in [-0.05, 0) is 12.0 Å². The summed E-state index contributed by atoms with van der Waals surface area (Å²) in [4.78, 5) is 10.5. The Morgan fingerprint density at radius 2 is 1.81 bits per heavy atom. The van der Waals surface area contributed by atoms with Gasteiger partial charge in [0, 0.05) is 12.3 Å². The predicted octanol–water partition coefficient (Wildman–Crippen LogP) is 4.01. The molecule has 2 nitrogen and oxygen atoms in total. The van der Waals surface area contributed by atoms with Crippen molar-refractivity contribution in [3.8, 4) is 0 Å². The zero-order chi connectivity index (χ0) is 12.2. The molecule has 0 bridgehead atoms. The molecule has 1 atom stereocenters. The van der Waals surface area contributed by atoms with Crippen LogP contribution >= 0.6 is 34.8 Å². The van der Waals surface area contributed by atoms with Gasteiger partial charge in [0.1, 0.15) is 0 Å². The fourth-order valence-corrected chi connectivity index (χ4v) is 2.18. The van der Waals surface area contributed by atoms with Crippen LogP contribution in [0.15, 0.2) is 30.3 Å². The molecule has 0 heterocycles. The summed E-state index contributed by atoms with van der Waals surface area (Å²) < 4.78 is -1.49. The van der Waals surface area contributed by atoms with Crippen molar-refractivity contribution in [2.24, 2.45) is 0 Å². The Balaban J connectivity index is 2.84. The molecule has 0 saturated heterocycles. The second-order valence-electron chi connectivity index (χ2n) is 3.44. The Morgan fingerprint density at radius 1 is 1.25 bits per heavy atom. The van der Waals surface area contributed by atoms with Crippen LogP contribution in [0.1, 0.15) is 24.3 Å². The van der Waals surface area contributed by atoms with Gasteiger partial charge in [-0.2, -0.15) is 0 Å². The Morgan fingerprint density at radius 3 is 2.25 bits per heavy atom. The highest BCUT2D eigenvalue weighted by atomic mass is 35.6. The SMILES string of the molecule is O=C(O)CCC(c1ccccc1)C(Cl)(Cl)Cl. The zero-order valence-corrected chi connectivity index (χ0v) is 10.6. The van der Waals surface area contributed by atoms with E-state index in [1.54, 1.807) is 0 Å². The van der Waals surface area contributed by atoms with Crippen LogP contribution in [0.4, 0.5) is 0 Å². The smallest absolute Gasteiger partial charge is 0.303 e. The Labute approximate surface area is 109 Å². The monoisotopic (exact) mass is 280 g/mol. The van der Waals surface area contributed by atoms with Crippen molar-refractivity contribution in [1.29, 1.82) is 0 Å². The van der Waals surface area contributed by atoms with Crippen LogP contribution in [0.3, 0.4) is 0 Å². The van der Waals surface area contributed by atoms with E-state index in [2.05, 4.69) is 0 Å². The number of alkyl halides is 3. The first-order valence-corrected chi connectivity index (χ1v) is 5.88. The van der Waals surface area contributed by atoms with Crippen LogP contribution in [0.25, 0.3) is 0 Å². The quantitative estimate of drug-likeness (QED) is 0.847. The Hall–Kier alpha value is -0.440. The van der Waals surface area contributed by atoms with Crippen LogP contribution in [0.5, 0.6) is 0 Å². The van der Waals surface area contributed by atoms with Gasteiger partial charge in [-0.3, -0.25) is 4.79 Å². The Bertz CT molecular complexity index is 346. The van der Waals surface area contributed by atoms with Gasteiger partial charge in [-0.25, -0.2) is 0 Å². The molecule has 5 heteroatoms. The van der Waals surface area contributed by atoms with Gasteiger partial charge in [0.15, 0.2) is 3.79 Å². The fourth-order valence-electron chi connectivity index (χ4n) is 1.47. The normalized spacial score (nSPS) is 13.4. The van der Waals surface area contributed by atoms with Gasteiger partial charge in [-0.15, -0.1) is 0 Å². The first-order chi connectivity index (χ1) is 7.41. The molecule has 0 amide bonds. The molecule has 0 fully saturated rings. The summed E-state index contributed by atoms with van der Waals surface area (Å²) in [6, 6.07) is 9.18. The van der Waals surface area contributed by atoms with Crippen LogP contribution in [-0.4, -0.2) is 14.9 Å². The highest BCUT2D eigenvalue weighted by Crippen LogP contribution is 2.44. The lowest BCUT2D eigenvalue weighted by Gasteiger charge is -2.24. The minimum atomic E-state index is -1.49. The first kappa shape index (κ1) is 13.6. The summed E-state index contributed by atoms with van der Waals surface area (Å²) >= 11 is 17.6. The largest absolute Gasteiger partial charge is 0.481 e. The van der Waals surface area contributed by atoms with E-state index < -0.39 is 15.7 Å². The molecular formula is C11H11Cl3O2. The molecular weight excluding hydrogens is 270 g/mol. The molecule has 0 aliphatic carbocycles. The second-order valence-corrected chi connectivity index (χ2v) is 5.81. The lowest BCUT2D eigenvalue weighted by molar-refractivity contribution is -0.137. The molecule has 88 valence electrons. The second kappa shape index (κ2) is 5.76. The molecule has 1 unspecified atom stereocenters. The number of carboxylic acid groups (broad SMARTS) is 1. The number of carboxylic acids is 1. The van der Waals surface area contributed by atoms with Crippen molar-refractivity contribution < 1.29 is 9.90 Å². The van der Waals surface area contributed by atoms with Gasteiger partial charge in [0.05, 0.1) is 0 Å². The predicted molar refractivity (Wildman–Crippen MR) is 66.3 cm³/mol. The summed E-state index contributed by atoms with van der Waals surface area (Å²) in [6.07, 6.45) is 0.281. The number of rotatable bonds is 4. The van der Waals surface area contributed by atoms with E-state index in [1.165, 1.54) is 0 Å². The summed E-state index contributed by atoms with van der Waals surface area (Å²) in [5.74, 6) is -1.30. The zero-order valence-electron chi connectivity index (χ0n) is 8.37. The molecule has 16 heavy (non-hydrogen) atoms. The van der Waals surface area contributed by atoms with Crippen molar-refractivity contribution in [2.75, 3.05) is 0 Å². The third-order valence-electron chi connectivity index (χ3n) is 2.24. The number of halogens is 3. The van der Waals surface area contributed by atoms with E-state index in [9.17, 15) is 4.79 Å². The van der Waals surface area contributed by atoms with Crippen LogP contribution in [0, 0.1) is 0 Å². The Kier molecular flexibility index (Phi) is 4.90. The molecule has 1 aromatic carbocycles.